The molecule has 1 aromatic carbocycles. The summed E-state index contributed by atoms with van der Waals surface area (Å²) < 4.78 is 32.3. The van der Waals surface area contributed by atoms with E-state index in [1.165, 1.54) is 0 Å². The summed E-state index contributed by atoms with van der Waals surface area (Å²) in [5, 5.41) is 12.2. The van der Waals surface area contributed by atoms with E-state index in [4.69, 9.17) is 10.00 Å². The molecule has 120 valence electrons. The fraction of sp³-hybridized carbons (Fsp3) is 0.533. The molecular formula is C15H21N3O3S. The van der Waals surface area contributed by atoms with Crippen molar-refractivity contribution in [1.82, 2.24) is 10.0 Å². The highest BCUT2D eigenvalue weighted by Gasteiger charge is 2.34. The van der Waals surface area contributed by atoms with E-state index in [0.717, 1.165) is 19.4 Å². The topological polar surface area (TPSA) is 91.2 Å². The predicted molar refractivity (Wildman–Crippen MR) is 83.6 cm³/mol. The zero-order chi connectivity index (χ0) is 16.1. The van der Waals surface area contributed by atoms with Gasteiger partial charge in [-0.1, -0.05) is 12.1 Å². The molecule has 0 radical (unpaired) electrons. The maximum Gasteiger partial charge on any atom is 0.215 e. The second kappa shape index (κ2) is 7.20. The van der Waals surface area contributed by atoms with Crippen molar-refractivity contribution < 1.29 is 13.2 Å². The number of methoxy groups -OCH3 is 1. The summed E-state index contributed by atoms with van der Waals surface area (Å²) in [7, 11) is -1.84. The number of sulfonamides is 1. The third-order valence-corrected chi connectivity index (χ3v) is 5.09. The van der Waals surface area contributed by atoms with Gasteiger partial charge in [0.25, 0.3) is 0 Å². The molecule has 22 heavy (non-hydrogen) atoms. The van der Waals surface area contributed by atoms with Crippen molar-refractivity contribution in [3.63, 3.8) is 0 Å². The lowest BCUT2D eigenvalue weighted by atomic mass is 9.99. The largest absolute Gasteiger partial charge is 0.383 e. The van der Waals surface area contributed by atoms with Gasteiger partial charge in [-0.05, 0) is 37.1 Å². The first-order chi connectivity index (χ1) is 10.5. The molecule has 0 bridgehead atoms. The third-order valence-electron chi connectivity index (χ3n) is 3.80. The predicted octanol–water partition coefficient (Wildman–Crippen LogP) is 0.746. The fourth-order valence-corrected chi connectivity index (χ4v) is 3.94. The van der Waals surface area contributed by atoms with Crippen molar-refractivity contribution in [2.45, 2.75) is 24.1 Å². The van der Waals surface area contributed by atoms with Gasteiger partial charge in [0, 0.05) is 13.7 Å². The Labute approximate surface area is 131 Å². The Kier molecular flexibility index (Phi) is 5.53. The van der Waals surface area contributed by atoms with Gasteiger partial charge in [0.2, 0.25) is 10.0 Å². The summed E-state index contributed by atoms with van der Waals surface area (Å²) in [4.78, 5) is 0. The Balaban J connectivity index is 2.00. The van der Waals surface area contributed by atoms with Gasteiger partial charge < -0.3 is 10.1 Å². The minimum absolute atomic E-state index is 0.133. The van der Waals surface area contributed by atoms with Crippen LogP contribution in [0.4, 0.5) is 0 Å². The number of benzene rings is 1. The number of hydrogen-bond donors (Lipinski definition) is 2. The lowest BCUT2D eigenvalue weighted by Crippen LogP contribution is -2.53. The highest BCUT2D eigenvalue weighted by molar-refractivity contribution is 7.88. The molecule has 1 aliphatic rings. The molecule has 1 aliphatic heterocycles. The Morgan fingerprint density at radius 2 is 2.32 bits per heavy atom. The normalized spacial score (nSPS) is 21.6. The zero-order valence-electron chi connectivity index (χ0n) is 12.6. The fourth-order valence-electron chi connectivity index (χ4n) is 2.72. The SMILES string of the molecule is COCC1(CNS(=O)(=O)Cc2cccc(C#N)c2)CCCN1. The third kappa shape index (κ3) is 4.52. The molecule has 0 amide bonds. The molecule has 2 rings (SSSR count). The van der Waals surface area contributed by atoms with Gasteiger partial charge in [-0.15, -0.1) is 0 Å². The average molecular weight is 323 g/mol. The van der Waals surface area contributed by atoms with E-state index in [9.17, 15) is 8.42 Å². The summed E-state index contributed by atoms with van der Waals surface area (Å²) in [6.45, 7) is 1.65. The summed E-state index contributed by atoms with van der Waals surface area (Å²) in [5.41, 5.74) is 0.740. The van der Waals surface area contributed by atoms with Crippen LogP contribution in [0.5, 0.6) is 0 Å². The average Bonchev–Trinajstić information content (AvgIpc) is 2.95. The smallest absolute Gasteiger partial charge is 0.215 e. The number of ether oxygens (including phenoxy) is 1. The number of hydrogen-bond acceptors (Lipinski definition) is 5. The van der Waals surface area contributed by atoms with Gasteiger partial charge in [-0.25, -0.2) is 13.1 Å². The molecule has 1 heterocycles. The van der Waals surface area contributed by atoms with Crippen LogP contribution in [0.25, 0.3) is 0 Å². The van der Waals surface area contributed by atoms with E-state index in [1.54, 1.807) is 31.4 Å². The highest BCUT2D eigenvalue weighted by Crippen LogP contribution is 2.19. The zero-order valence-corrected chi connectivity index (χ0v) is 13.4. The molecule has 0 aromatic heterocycles. The first kappa shape index (κ1) is 16.9. The monoisotopic (exact) mass is 323 g/mol. The van der Waals surface area contributed by atoms with Crippen LogP contribution >= 0.6 is 0 Å². The van der Waals surface area contributed by atoms with Crippen LogP contribution in [0.15, 0.2) is 24.3 Å². The molecule has 0 aliphatic carbocycles. The van der Waals surface area contributed by atoms with E-state index in [-0.39, 0.29) is 11.3 Å². The van der Waals surface area contributed by atoms with Crippen molar-refractivity contribution in [3.8, 4) is 6.07 Å². The van der Waals surface area contributed by atoms with Crippen LogP contribution in [0.2, 0.25) is 0 Å². The van der Waals surface area contributed by atoms with E-state index in [2.05, 4.69) is 10.0 Å². The van der Waals surface area contributed by atoms with E-state index < -0.39 is 10.0 Å². The first-order valence-electron chi connectivity index (χ1n) is 7.19. The van der Waals surface area contributed by atoms with Crippen molar-refractivity contribution in [2.75, 3.05) is 26.8 Å². The molecule has 1 saturated heterocycles. The Hall–Kier alpha value is -1.46. The standard InChI is InChI=1S/C15H21N3O3S/c1-21-12-15(6-3-7-17-15)11-18-22(19,20)10-14-5-2-4-13(8-14)9-16/h2,4-5,8,17-18H,3,6-7,10-12H2,1H3. The van der Waals surface area contributed by atoms with Gasteiger partial charge in [-0.3, -0.25) is 0 Å². The van der Waals surface area contributed by atoms with Gasteiger partial charge in [0.15, 0.2) is 0 Å². The lowest BCUT2D eigenvalue weighted by Gasteiger charge is -2.28. The van der Waals surface area contributed by atoms with E-state index >= 15 is 0 Å². The van der Waals surface area contributed by atoms with Crippen molar-refractivity contribution in [2.24, 2.45) is 0 Å². The van der Waals surface area contributed by atoms with Gasteiger partial charge in [0.05, 0.1) is 29.5 Å². The van der Waals surface area contributed by atoms with E-state index in [0.29, 0.717) is 24.3 Å². The number of nitrogens with zero attached hydrogens (tertiary/aromatic N) is 1. The summed E-state index contributed by atoms with van der Waals surface area (Å²) in [6, 6.07) is 8.65. The quantitative estimate of drug-likeness (QED) is 0.772. The Morgan fingerprint density at radius 1 is 1.50 bits per heavy atom. The molecule has 0 spiro atoms. The van der Waals surface area contributed by atoms with Crippen LogP contribution < -0.4 is 10.0 Å². The van der Waals surface area contributed by atoms with E-state index in [1.807, 2.05) is 6.07 Å². The van der Waals surface area contributed by atoms with Crippen LogP contribution in [-0.2, 0) is 20.5 Å². The summed E-state index contributed by atoms with van der Waals surface area (Å²) >= 11 is 0. The molecule has 1 aromatic rings. The summed E-state index contributed by atoms with van der Waals surface area (Å²) in [6.07, 6.45) is 1.89. The van der Waals surface area contributed by atoms with Crippen LogP contribution in [0.1, 0.15) is 24.0 Å². The van der Waals surface area contributed by atoms with Crippen LogP contribution in [0, 0.1) is 11.3 Å². The second-order valence-corrected chi connectivity index (χ2v) is 7.44. The minimum atomic E-state index is -3.46. The molecular weight excluding hydrogens is 302 g/mol. The van der Waals surface area contributed by atoms with Crippen molar-refractivity contribution in [3.05, 3.63) is 35.4 Å². The molecule has 7 heteroatoms. The van der Waals surface area contributed by atoms with Crippen molar-refractivity contribution >= 4 is 10.0 Å². The van der Waals surface area contributed by atoms with Gasteiger partial charge >= 0.3 is 0 Å². The second-order valence-electron chi connectivity index (χ2n) is 5.64. The Morgan fingerprint density at radius 3 is 2.95 bits per heavy atom. The summed E-state index contributed by atoms with van der Waals surface area (Å²) in [5.74, 6) is -0.133. The molecule has 1 unspecified atom stereocenters. The van der Waals surface area contributed by atoms with Crippen LogP contribution in [0.3, 0.4) is 0 Å². The molecule has 1 fully saturated rings. The van der Waals surface area contributed by atoms with Gasteiger partial charge in [0.1, 0.15) is 0 Å². The number of rotatable bonds is 7. The molecule has 6 nitrogen and oxygen atoms in total. The maximum atomic E-state index is 12.2. The molecule has 2 N–H and O–H groups in total. The first-order valence-corrected chi connectivity index (χ1v) is 8.84. The molecule has 0 saturated carbocycles. The highest BCUT2D eigenvalue weighted by atomic mass is 32.2. The Bertz CT molecular complexity index is 646. The maximum absolute atomic E-state index is 12.2. The minimum Gasteiger partial charge on any atom is -0.383 e. The van der Waals surface area contributed by atoms with Crippen LogP contribution in [-0.4, -0.2) is 40.8 Å². The number of nitriles is 1. The number of nitrogens with one attached hydrogen (secondary N) is 2. The van der Waals surface area contributed by atoms with Gasteiger partial charge in [-0.2, -0.15) is 5.26 Å². The lowest BCUT2D eigenvalue weighted by molar-refractivity contribution is 0.122. The van der Waals surface area contributed by atoms with Crippen molar-refractivity contribution in [1.29, 1.82) is 5.26 Å². The molecule has 1 atom stereocenters.